The summed E-state index contributed by atoms with van der Waals surface area (Å²) in [6.45, 7) is 2.61. The van der Waals surface area contributed by atoms with Gasteiger partial charge >= 0.3 is 0 Å². The molecule has 2 saturated carbocycles. The third kappa shape index (κ3) is 2.76. The Morgan fingerprint density at radius 3 is 2.74 bits per heavy atom. The Kier molecular flexibility index (Phi) is 3.91. The Balaban J connectivity index is 1.32. The second-order valence-corrected chi connectivity index (χ2v) is 8.81. The van der Waals surface area contributed by atoms with Gasteiger partial charge in [-0.3, -0.25) is 4.79 Å². The molecule has 0 N–H and O–H groups in total. The van der Waals surface area contributed by atoms with Gasteiger partial charge in [-0.15, -0.1) is 0 Å². The van der Waals surface area contributed by atoms with E-state index in [9.17, 15) is 9.18 Å². The van der Waals surface area contributed by atoms with Crippen LogP contribution in [-0.4, -0.2) is 44.4 Å². The first-order valence-electron chi connectivity index (χ1n) is 10.5. The zero-order valence-corrected chi connectivity index (χ0v) is 17.0. The molecule has 0 radical (unpaired) electrons. The first kappa shape index (κ1) is 18.4. The van der Waals surface area contributed by atoms with Gasteiger partial charge in [-0.2, -0.15) is 0 Å². The zero-order valence-electron chi connectivity index (χ0n) is 17.0. The number of pyridine rings is 1. The number of hydrogen-bond acceptors (Lipinski definition) is 5. The van der Waals surface area contributed by atoms with Crippen molar-refractivity contribution in [1.29, 1.82) is 0 Å². The van der Waals surface area contributed by atoms with Gasteiger partial charge in [0.05, 0.1) is 11.6 Å². The molecule has 6 nitrogen and oxygen atoms in total. The molecule has 4 atom stereocenters. The molecule has 2 aliphatic carbocycles. The van der Waals surface area contributed by atoms with E-state index in [-0.39, 0.29) is 29.0 Å². The Bertz CT molecular complexity index is 1170. The van der Waals surface area contributed by atoms with Crippen molar-refractivity contribution in [3.63, 3.8) is 0 Å². The minimum absolute atomic E-state index is 0.0317. The van der Waals surface area contributed by atoms with Crippen molar-refractivity contribution in [2.24, 2.45) is 11.3 Å². The molecule has 3 aromatic rings. The zero-order chi connectivity index (χ0) is 21.2. The van der Waals surface area contributed by atoms with E-state index in [1.807, 2.05) is 19.1 Å². The number of likely N-dealkylation sites (tertiary alicyclic amines) is 1. The number of aryl methyl sites for hydroxylation is 1. The van der Waals surface area contributed by atoms with Gasteiger partial charge in [0.2, 0.25) is 5.88 Å². The van der Waals surface area contributed by atoms with Crippen LogP contribution in [0.3, 0.4) is 0 Å². The van der Waals surface area contributed by atoms with Gasteiger partial charge in [-0.1, -0.05) is 18.2 Å². The molecule has 1 aromatic carbocycles. The van der Waals surface area contributed by atoms with Crippen LogP contribution in [0.15, 0.2) is 55.0 Å². The number of piperidine rings is 1. The van der Waals surface area contributed by atoms with Crippen LogP contribution in [0.25, 0.3) is 11.4 Å². The molecular weight excluding hydrogens is 395 g/mol. The Morgan fingerprint density at radius 2 is 1.97 bits per heavy atom. The van der Waals surface area contributed by atoms with E-state index in [4.69, 9.17) is 4.74 Å². The molecule has 31 heavy (non-hydrogen) atoms. The van der Waals surface area contributed by atoms with Crippen molar-refractivity contribution in [3.05, 3.63) is 71.9 Å². The number of amides is 1. The van der Waals surface area contributed by atoms with Crippen LogP contribution in [0.4, 0.5) is 4.39 Å². The highest BCUT2D eigenvalue weighted by atomic mass is 19.1. The second kappa shape index (κ2) is 6.57. The van der Waals surface area contributed by atoms with E-state index in [0.717, 1.165) is 18.4 Å². The van der Waals surface area contributed by atoms with Crippen LogP contribution in [-0.2, 0) is 0 Å². The number of aromatic nitrogens is 3. The summed E-state index contributed by atoms with van der Waals surface area (Å²) in [5, 5.41) is 0. The van der Waals surface area contributed by atoms with Crippen LogP contribution in [0.5, 0.6) is 5.88 Å². The normalized spacial score (nSPS) is 27.8. The summed E-state index contributed by atoms with van der Waals surface area (Å²) in [6.07, 6.45) is 6.84. The van der Waals surface area contributed by atoms with Gasteiger partial charge in [0, 0.05) is 42.2 Å². The van der Waals surface area contributed by atoms with Crippen molar-refractivity contribution in [2.45, 2.75) is 31.9 Å². The van der Waals surface area contributed by atoms with E-state index < -0.39 is 5.82 Å². The summed E-state index contributed by atoms with van der Waals surface area (Å²) in [7, 11) is 0. The average Bonchev–Trinajstić information content (AvgIpc) is 3.43. The molecule has 1 amide bonds. The van der Waals surface area contributed by atoms with Gasteiger partial charge in [0.25, 0.3) is 5.91 Å². The summed E-state index contributed by atoms with van der Waals surface area (Å²) in [4.78, 5) is 28.2. The van der Waals surface area contributed by atoms with E-state index in [1.54, 1.807) is 41.7 Å². The van der Waals surface area contributed by atoms with Crippen molar-refractivity contribution < 1.29 is 13.9 Å². The van der Waals surface area contributed by atoms with Crippen molar-refractivity contribution >= 4 is 5.91 Å². The molecule has 3 fully saturated rings. The molecule has 2 aromatic heterocycles. The Morgan fingerprint density at radius 1 is 1.13 bits per heavy atom. The van der Waals surface area contributed by atoms with E-state index in [0.29, 0.717) is 29.7 Å². The number of carbonyl (C=O) groups excluding carboxylic acids is 1. The van der Waals surface area contributed by atoms with Crippen molar-refractivity contribution in [3.8, 4) is 17.3 Å². The minimum atomic E-state index is -0.554. The fraction of sp³-hybridized carbons (Fsp3) is 0.333. The fourth-order valence-electron chi connectivity index (χ4n) is 5.44. The monoisotopic (exact) mass is 416 g/mol. The first-order chi connectivity index (χ1) is 15.1. The van der Waals surface area contributed by atoms with Gasteiger partial charge in [0.15, 0.2) is 5.82 Å². The second-order valence-electron chi connectivity index (χ2n) is 8.81. The molecule has 3 heterocycles. The molecule has 156 valence electrons. The summed E-state index contributed by atoms with van der Waals surface area (Å²) in [6, 6.07) is 10.0. The van der Waals surface area contributed by atoms with Crippen molar-refractivity contribution in [2.75, 3.05) is 6.54 Å². The molecule has 7 heteroatoms. The predicted molar refractivity (Wildman–Crippen MR) is 111 cm³/mol. The number of rotatable bonds is 4. The molecule has 1 aliphatic heterocycles. The summed E-state index contributed by atoms with van der Waals surface area (Å²) in [5.41, 5.74) is 1.63. The molecule has 3 aliphatic rings. The van der Waals surface area contributed by atoms with E-state index in [1.165, 1.54) is 6.07 Å². The summed E-state index contributed by atoms with van der Waals surface area (Å²) in [5.74, 6) is 0.500. The highest BCUT2D eigenvalue weighted by Crippen LogP contribution is 2.71. The number of carbonyl (C=O) groups is 1. The highest BCUT2D eigenvalue weighted by Gasteiger charge is 2.76. The van der Waals surface area contributed by atoms with Gasteiger partial charge in [-0.25, -0.2) is 19.3 Å². The fourth-order valence-corrected chi connectivity index (χ4v) is 5.44. The largest absolute Gasteiger partial charge is 0.472 e. The lowest BCUT2D eigenvalue weighted by atomic mass is 9.73. The Hall–Kier alpha value is -3.35. The van der Waals surface area contributed by atoms with Crippen LogP contribution < -0.4 is 4.74 Å². The van der Waals surface area contributed by atoms with Gasteiger partial charge in [0.1, 0.15) is 11.9 Å². The third-order valence-corrected chi connectivity index (χ3v) is 7.01. The van der Waals surface area contributed by atoms with Gasteiger partial charge < -0.3 is 9.64 Å². The number of nitrogens with zero attached hydrogens (tertiary/aromatic N) is 4. The maximum atomic E-state index is 14.9. The SMILES string of the molecule is Cc1ccc(OC2CC34CC3CN(C(=O)c3c(F)cccc3-c3ncccn3)C24)nc1. The average molecular weight is 416 g/mol. The molecule has 4 unspecified atom stereocenters. The van der Waals surface area contributed by atoms with Crippen molar-refractivity contribution in [1.82, 2.24) is 19.9 Å². The van der Waals surface area contributed by atoms with E-state index in [2.05, 4.69) is 15.0 Å². The van der Waals surface area contributed by atoms with Crippen LogP contribution in [0.2, 0.25) is 0 Å². The lowest BCUT2D eigenvalue weighted by molar-refractivity contribution is -0.0346. The van der Waals surface area contributed by atoms with Gasteiger partial charge in [-0.05, 0) is 43.4 Å². The summed E-state index contributed by atoms with van der Waals surface area (Å²) >= 11 is 0. The maximum absolute atomic E-state index is 14.9. The lowest BCUT2D eigenvalue weighted by Crippen LogP contribution is -2.59. The topological polar surface area (TPSA) is 68.2 Å². The molecule has 0 bridgehead atoms. The van der Waals surface area contributed by atoms with Crippen LogP contribution in [0.1, 0.15) is 28.8 Å². The molecule has 6 rings (SSSR count). The Labute approximate surface area is 179 Å². The number of ether oxygens (including phenoxy) is 1. The van der Waals surface area contributed by atoms with E-state index >= 15 is 0 Å². The third-order valence-electron chi connectivity index (χ3n) is 7.01. The highest BCUT2D eigenvalue weighted by molar-refractivity contribution is 6.01. The maximum Gasteiger partial charge on any atom is 0.257 e. The predicted octanol–water partition coefficient (Wildman–Crippen LogP) is 3.67. The number of halogens is 1. The number of hydrogen-bond donors (Lipinski definition) is 0. The number of benzene rings is 1. The first-order valence-corrected chi connectivity index (χ1v) is 10.5. The standard InChI is InChI=1S/C24H21FN4O2/c1-14-6-7-19(28-12-14)31-18-11-24-10-15(24)13-29(21(18)24)23(30)20-16(4-2-5-17(20)25)22-26-8-3-9-27-22/h2-9,12,15,18,21H,10-11,13H2,1H3. The lowest BCUT2D eigenvalue weighted by Gasteiger charge is -2.47. The molecule has 1 spiro atoms. The molecular formula is C24H21FN4O2. The van der Waals surface area contributed by atoms with Crippen LogP contribution in [0, 0.1) is 24.1 Å². The minimum Gasteiger partial charge on any atom is -0.472 e. The van der Waals surface area contributed by atoms with Crippen LogP contribution >= 0.6 is 0 Å². The summed E-state index contributed by atoms with van der Waals surface area (Å²) < 4.78 is 21.1. The smallest absolute Gasteiger partial charge is 0.257 e. The molecule has 1 saturated heterocycles. The quantitative estimate of drug-likeness (QED) is 0.649.